The third-order valence-electron chi connectivity index (χ3n) is 2.44. The van der Waals surface area contributed by atoms with E-state index in [0.29, 0.717) is 10.6 Å². The van der Waals surface area contributed by atoms with Crippen molar-refractivity contribution in [1.82, 2.24) is 4.90 Å². The maximum Gasteiger partial charge on any atom is 0.254 e. The summed E-state index contributed by atoms with van der Waals surface area (Å²) in [5, 5.41) is 0.631. The van der Waals surface area contributed by atoms with Gasteiger partial charge in [-0.3, -0.25) is 4.79 Å². The molecule has 1 aromatic rings. The van der Waals surface area contributed by atoms with Crippen molar-refractivity contribution in [2.75, 3.05) is 13.1 Å². The molecule has 0 unspecified atom stereocenters. The number of hydrogen-bond donors (Lipinski definition) is 0. The predicted molar refractivity (Wildman–Crippen MR) is 75.6 cm³/mol. The van der Waals surface area contributed by atoms with E-state index in [-0.39, 0.29) is 5.91 Å². The summed E-state index contributed by atoms with van der Waals surface area (Å²) in [7, 11) is 0. The number of rotatable bonds is 5. The van der Waals surface area contributed by atoms with Crippen molar-refractivity contribution >= 4 is 33.4 Å². The van der Waals surface area contributed by atoms with E-state index in [2.05, 4.69) is 29.8 Å². The molecule has 0 aliphatic carbocycles. The van der Waals surface area contributed by atoms with Crippen molar-refractivity contribution < 1.29 is 4.79 Å². The average molecular weight is 319 g/mol. The van der Waals surface area contributed by atoms with Crippen LogP contribution in [0, 0.1) is 0 Å². The molecule has 0 aliphatic rings. The Morgan fingerprint density at radius 2 is 1.88 bits per heavy atom. The molecule has 0 bridgehead atoms. The molecule has 0 aliphatic heterocycles. The van der Waals surface area contributed by atoms with Crippen molar-refractivity contribution in [3.63, 3.8) is 0 Å². The first-order chi connectivity index (χ1) is 8.10. The molecule has 0 spiro atoms. The van der Waals surface area contributed by atoms with Gasteiger partial charge in [-0.2, -0.15) is 0 Å². The molecule has 0 saturated heterocycles. The highest BCUT2D eigenvalue weighted by molar-refractivity contribution is 9.10. The highest BCUT2D eigenvalue weighted by atomic mass is 79.9. The fourth-order valence-corrected chi connectivity index (χ4v) is 2.54. The molecule has 2 nitrogen and oxygen atoms in total. The van der Waals surface area contributed by atoms with E-state index >= 15 is 0 Å². The van der Waals surface area contributed by atoms with E-state index in [4.69, 9.17) is 11.6 Å². The van der Waals surface area contributed by atoms with Crippen molar-refractivity contribution in [2.24, 2.45) is 0 Å². The number of halogens is 2. The van der Waals surface area contributed by atoms with Crippen LogP contribution in [-0.2, 0) is 0 Å². The lowest BCUT2D eigenvalue weighted by molar-refractivity contribution is 0.0754. The van der Waals surface area contributed by atoms with Crippen LogP contribution >= 0.6 is 27.5 Å². The van der Waals surface area contributed by atoms with Gasteiger partial charge < -0.3 is 4.90 Å². The SMILES string of the molecule is CCCN(CCC)C(=O)c1ccc(Cl)cc1Br. The summed E-state index contributed by atoms with van der Waals surface area (Å²) in [6.07, 6.45) is 1.94. The molecule has 0 fully saturated rings. The number of hydrogen-bond acceptors (Lipinski definition) is 1. The number of amides is 1. The summed E-state index contributed by atoms with van der Waals surface area (Å²) >= 11 is 9.25. The van der Waals surface area contributed by atoms with Crippen molar-refractivity contribution in [3.8, 4) is 0 Å². The van der Waals surface area contributed by atoms with Gasteiger partial charge in [0, 0.05) is 22.6 Å². The normalized spacial score (nSPS) is 10.4. The number of carbonyl (C=O) groups is 1. The van der Waals surface area contributed by atoms with Crippen LogP contribution in [0.4, 0.5) is 0 Å². The highest BCUT2D eigenvalue weighted by Gasteiger charge is 2.16. The summed E-state index contributed by atoms with van der Waals surface area (Å²) < 4.78 is 0.757. The van der Waals surface area contributed by atoms with Crippen LogP contribution < -0.4 is 0 Å². The first-order valence-electron chi connectivity index (χ1n) is 5.84. The largest absolute Gasteiger partial charge is 0.339 e. The molecule has 1 rings (SSSR count). The van der Waals surface area contributed by atoms with Gasteiger partial charge in [0.15, 0.2) is 0 Å². The van der Waals surface area contributed by atoms with Gasteiger partial charge in [-0.05, 0) is 47.0 Å². The Morgan fingerprint density at radius 1 is 1.29 bits per heavy atom. The van der Waals surface area contributed by atoms with Gasteiger partial charge in [-0.1, -0.05) is 25.4 Å². The Hall–Kier alpha value is -0.540. The fraction of sp³-hybridized carbons (Fsp3) is 0.462. The number of nitrogens with zero attached hydrogens (tertiary/aromatic N) is 1. The summed E-state index contributed by atoms with van der Waals surface area (Å²) in [6.45, 7) is 5.74. The lowest BCUT2D eigenvalue weighted by Crippen LogP contribution is -2.32. The Bertz CT molecular complexity index is 389. The fourth-order valence-electron chi connectivity index (χ4n) is 1.69. The molecule has 0 saturated carbocycles. The standard InChI is InChI=1S/C13H17BrClNO/c1-3-7-16(8-4-2)13(17)11-6-5-10(15)9-12(11)14/h5-6,9H,3-4,7-8H2,1-2H3. The highest BCUT2D eigenvalue weighted by Crippen LogP contribution is 2.23. The zero-order valence-corrected chi connectivity index (χ0v) is 12.5. The van der Waals surface area contributed by atoms with Crippen LogP contribution in [0.25, 0.3) is 0 Å². The summed E-state index contributed by atoms with van der Waals surface area (Å²) in [5.74, 6) is 0.0669. The molecule has 0 radical (unpaired) electrons. The lowest BCUT2D eigenvalue weighted by atomic mass is 10.2. The Balaban J connectivity index is 2.92. The third kappa shape index (κ3) is 4.00. The number of carbonyl (C=O) groups excluding carboxylic acids is 1. The second kappa shape index (κ2) is 7.02. The van der Waals surface area contributed by atoms with Gasteiger partial charge in [0.2, 0.25) is 0 Å². The minimum atomic E-state index is 0.0669. The van der Waals surface area contributed by atoms with Gasteiger partial charge in [0.25, 0.3) is 5.91 Å². The monoisotopic (exact) mass is 317 g/mol. The molecular weight excluding hydrogens is 302 g/mol. The van der Waals surface area contributed by atoms with E-state index in [1.165, 1.54) is 0 Å². The summed E-state index contributed by atoms with van der Waals surface area (Å²) in [4.78, 5) is 14.2. The van der Waals surface area contributed by atoms with Crippen molar-refractivity contribution in [1.29, 1.82) is 0 Å². The van der Waals surface area contributed by atoms with Crippen LogP contribution in [0.5, 0.6) is 0 Å². The van der Waals surface area contributed by atoms with Crippen LogP contribution in [0.2, 0.25) is 5.02 Å². The van der Waals surface area contributed by atoms with E-state index in [1.807, 2.05) is 4.90 Å². The smallest absolute Gasteiger partial charge is 0.254 e. The number of benzene rings is 1. The van der Waals surface area contributed by atoms with E-state index in [0.717, 1.165) is 30.4 Å². The van der Waals surface area contributed by atoms with E-state index < -0.39 is 0 Å². The Morgan fingerprint density at radius 3 is 2.35 bits per heavy atom. The van der Waals surface area contributed by atoms with Gasteiger partial charge in [0.1, 0.15) is 0 Å². The average Bonchev–Trinajstić information content (AvgIpc) is 2.28. The van der Waals surface area contributed by atoms with Crippen LogP contribution in [0.1, 0.15) is 37.0 Å². The zero-order valence-electron chi connectivity index (χ0n) is 10.2. The topological polar surface area (TPSA) is 20.3 Å². The van der Waals surface area contributed by atoms with Crippen molar-refractivity contribution in [2.45, 2.75) is 26.7 Å². The van der Waals surface area contributed by atoms with Crippen LogP contribution in [-0.4, -0.2) is 23.9 Å². The van der Waals surface area contributed by atoms with E-state index in [1.54, 1.807) is 18.2 Å². The van der Waals surface area contributed by atoms with Gasteiger partial charge >= 0.3 is 0 Å². The molecule has 0 heterocycles. The predicted octanol–water partition coefficient (Wildman–Crippen LogP) is 4.36. The second-order valence-electron chi connectivity index (χ2n) is 3.92. The van der Waals surface area contributed by atoms with Gasteiger partial charge in [-0.15, -0.1) is 0 Å². The third-order valence-corrected chi connectivity index (χ3v) is 3.33. The maximum atomic E-state index is 12.3. The molecule has 4 heteroatoms. The summed E-state index contributed by atoms with van der Waals surface area (Å²) in [6, 6.07) is 5.27. The van der Waals surface area contributed by atoms with Gasteiger partial charge in [-0.25, -0.2) is 0 Å². The second-order valence-corrected chi connectivity index (χ2v) is 5.21. The minimum absolute atomic E-state index is 0.0669. The summed E-state index contributed by atoms with van der Waals surface area (Å²) in [5.41, 5.74) is 0.677. The first kappa shape index (κ1) is 14.5. The molecular formula is C13H17BrClNO. The molecule has 0 N–H and O–H groups in total. The van der Waals surface area contributed by atoms with Gasteiger partial charge in [0.05, 0.1) is 5.56 Å². The quantitative estimate of drug-likeness (QED) is 0.789. The minimum Gasteiger partial charge on any atom is -0.339 e. The van der Waals surface area contributed by atoms with Crippen molar-refractivity contribution in [3.05, 3.63) is 33.3 Å². The zero-order chi connectivity index (χ0) is 12.8. The molecule has 0 atom stereocenters. The molecule has 17 heavy (non-hydrogen) atoms. The lowest BCUT2D eigenvalue weighted by Gasteiger charge is -2.22. The molecule has 1 aromatic carbocycles. The molecule has 1 amide bonds. The first-order valence-corrected chi connectivity index (χ1v) is 7.01. The Labute approximate surface area is 116 Å². The molecule has 94 valence electrons. The van der Waals surface area contributed by atoms with E-state index in [9.17, 15) is 4.79 Å². The maximum absolute atomic E-state index is 12.3. The molecule has 0 aromatic heterocycles. The van der Waals surface area contributed by atoms with Crippen LogP contribution in [0.3, 0.4) is 0 Å². The van der Waals surface area contributed by atoms with Crippen LogP contribution in [0.15, 0.2) is 22.7 Å². The Kier molecular flexibility index (Phi) is 6.00.